The average molecular weight is 288 g/mol. The van der Waals surface area contributed by atoms with Gasteiger partial charge in [0.1, 0.15) is 5.75 Å². The molecule has 1 N–H and O–H groups in total. The molecule has 4 heteroatoms. The number of fused-ring (bicyclic) bond motifs is 2. The lowest BCUT2D eigenvalue weighted by atomic mass is 9.97. The maximum absolute atomic E-state index is 6.18. The summed E-state index contributed by atoms with van der Waals surface area (Å²) in [6.07, 6.45) is 3.89. The van der Waals surface area contributed by atoms with Gasteiger partial charge in [-0.25, -0.2) is 0 Å². The molecule has 3 aliphatic rings. The van der Waals surface area contributed by atoms with E-state index < -0.39 is 0 Å². The fourth-order valence-electron chi connectivity index (χ4n) is 4.01. The van der Waals surface area contributed by atoms with Crippen LogP contribution in [0.4, 0.5) is 0 Å². The Kier molecular flexibility index (Phi) is 3.61. The number of likely N-dealkylation sites (N-methyl/N-ethyl adjacent to an activating group) is 1. The fraction of sp³-hybridized carbons (Fsp3) is 0.647. The van der Waals surface area contributed by atoms with Crippen molar-refractivity contribution < 1.29 is 9.47 Å². The van der Waals surface area contributed by atoms with E-state index in [0.29, 0.717) is 6.04 Å². The first-order valence-corrected chi connectivity index (χ1v) is 8.13. The zero-order chi connectivity index (χ0) is 14.2. The van der Waals surface area contributed by atoms with E-state index >= 15 is 0 Å². The van der Waals surface area contributed by atoms with Crippen LogP contribution in [-0.4, -0.2) is 50.4 Å². The van der Waals surface area contributed by atoms with Gasteiger partial charge in [0.15, 0.2) is 0 Å². The van der Waals surface area contributed by atoms with Crippen molar-refractivity contribution in [2.45, 2.75) is 37.5 Å². The van der Waals surface area contributed by atoms with Crippen molar-refractivity contribution in [3.63, 3.8) is 0 Å². The van der Waals surface area contributed by atoms with Crippen LogP contribution in [0.5, 0.6) is 5.75 Å². The van der Waals surface area contributed by atoms with E-state index in [1.807, 2.05) is 7.05 Å². The van der Waals surface area contributed by atoms with E-state index in [-0.39, 0.29) is 12.1 Å². The fourth-order valence-corrected chi connectivity index (χ4v) is 4.01. The molecular formula is C17H24N2O2. The van der Waals surface area contributed by atoms with Crippen molar-refractivity contribution in [3.8, 4) is 5.75 Å². The van der Waals surface area contributed by atoms with Crippen LogP contribution in [-0.2, 0) is 11.2 Å². The molecule has 0 radical (unpaired) electrons. The van der Waals surface area contributed by atoms with Gasteiger partial charge < -0.3 is 14.8 Å². The SMILES string of the molecule is CNC(c1ccc2c(c1)CCO2)C1CN2CCCC2CO1. The van der Waals surface area contributed by atoms with E-state index in [1.165, 1.54) is 30.5 Å². The Hall–Kier alpha value is -1.10. The van der Waals surface area contributed by atoms with Crippen molar-refractivity contribution in [2.24, 2.45) is 0 Å². The zero-order valence-electron chi connectivity index (χ0n) is 12.7. The second-order valence-electron chi connectivity index (χ2n) is 6.39. The molecule has 3 atom stereocenters. The van der Waals surface area contributed by atoms with E-state index in [1.54, 1.807) is 0 Å². The van der Waals surface area contributed by atoms with Crippen molar-refractivity contribution in [2.75, 3.05) is 33.4 Å². The first-order valence-electron chi connectivity index (χ1n) is 8.13. The quantitative estimate of drug-likeness (QED) is 0.919. The predicted octanol–water partition coefficient (Wildman–Crippen LogP) is 1.75. The summed E-state index contributed by atoms with van der Waals surface area (Å²) in [5.41, 5.74) is 2.66. The highest BCUT2D eigenvalue weighted by Crippen LogP contribution is 2.32. The number of morpholine rings is 1. The minimum atomic E-state index is 0.240. The first-order chi connectivity index (χ1) is 10.3. The second-order valence-corrected chi connectivity index (χ2v) is 6.39. The number of nitrogens with one attached hydrogen (secondary N) is 1. The van der Waals surface area contributed by atoms with Gasteiger partial charge in [0.05, 0.1) is 25.4 Å². The maximum Gasteiger partial charge on any atom is 0.122 e. The molecule has 1 aromatic carbocycles. The lowest BCUT2D eigenvalue weighted by Gasteiger charge is -2.39. The van der Waals surface area contributed by atoms with E-state index in [9.17, 15) is 0 Å². The molecule has 114 valence electrons. The number of benzene rings is 1. The Morgan fingerprint density at radius 3 is 3.24 bits per heavy atom. The molecule has 4 rings (SSSR count). The summed E-state index contributed by atoms with van der Waals surface area (Å²) < 4.78 is 11.8. The third kappa shape index (κ3) is 2.45. The van der Waals surface area contributed by atoms with Crippen LogP contribution in [0.15, 0.2) is 18.2 Å². The average Bonchev–Trinajstić information content (AvgIpc) is 3.15. The summed E-state index contributed by atoms with van der Waals surface area (Å²) in [6.45, 7) is 3.98. The van der Waals surface area contributed by atoms with Gasteiger partial charge in [0.25, 0.3) is 0 Å². The monoisotopic (exact) mass is 288 g/mol. The molecule has 0 aromatic heterocycles. The lowest BCUT2D eigenvalue weighted by molar-refractivity contribution is -0.0642. The van der Waals surface area contributed by atoms with Gasteiger partial charge in [0, 0.05) is 19.0 Å². The van der Waals surface area contributed by atoms with Gasteiger partial charge in [-0.1, -0.05) is 12.1 Å². The molecule has 1 aromatic rings. The normalized spacial score (nSPS) is 29.8. The molecule has 3 heterocycles. The first kappa shape index (κ1) is 13.6. The van der Waals surface area contributed by atoms with Crippen LogP contribution in [0.3, 0.4) is 0 Å². The highest BCUT2D eigenvalue weighted by Gasteiger charge is 2.36. The molecule has 3 aliphatic heterocycles. The van der Waals surface area contributed by atoms with Crippen molar-refractivity contribution >= 4 is 0 Å². The largest absolute Gasteiger partial charge is 0.493 e. The molecule has 2 saturated heterocycles. The zero-order valence-corrected chi connectivity index (χ0v) is 12.7. The number of hydrogen-bond donors (Lipinski definition) is 1. The third-order valence-electron chi connectivity index (χ3n) is 5.17. The van der Waals surface area contributed by atoms with E-state index in [0.717, 1.165) is 31.9 Å². The Bertz CT molecular complexity index is 520. The molecule has 0 spiro atoms. The van der Waals surface area contributed by atoms with Gasteiger partial charge in [-0.3, -0.25) is 4.90 Å². The highest BCUT2D eigenvalue weighted by molar-refractivity contribution is 5.41. The summed E-state index contributed by atoms with van der Waals surface area (Å²) >= 11 is 0. The van der Waals surface area contributed by atoms with Gasteiger partial charge in [-0.05, 0) is 43.6 Å². The number of nitrogens with zero attached hydrogens (tertiary/aromatic N) is 1. The molecule has 0 saturated carbocycles. The number of ether oxygens (including phenoxy) is 2. The van der Waals surface area contributed by atoms with Crippen LogP contribution >= 0.6 is 0 Å². The predicted molar refractivity (Wildman–Crippen MR) is 81.8 cm³/mol. The molecule has 2 fully saturated rings. The van der Waals surface area contributed by atoms with Crippen molar-refractivity contribution in [1.29, 1.82) is 0 Å². The van der Waals surface area contributed by atoms with Gasteiger partial charge >= 0.3 is 0 Å². The maximum atomic E-state index is 6.18. The standard InChI is InChI=1S/C17H24N2O2/c1-18-17(13-4-5-15-12(9-13)6-8-20-15)16-10-19-7-2-3-14(19)11-21-16/h4-5,9,14,16-18H,2-3,6-8,10-11H2,1H3. The molecule has 0 aliphatic carbocycles. The van der Waals surface area contributed by atoms with E-state index in [4.69, 9.17) is 9.47 Å². The third-order valence-corrected chi connectivity index (χ3v) is 5.17. The Morgan fingerprint density at radius 2 is 2.33 bits per heavy atom. The van der Waals surface area contributed by atoms with Crippen molar-refractivity contribution in [3.05, 3.63) is 29.3 Å². The van der Waals surface area contributed by atoms with Crippen LogP contribution in [0, 0.1) is 0 Å². The molecule has 0 bridgehead atoms. The van der Waals surface area contributed by atoms with Crippen LogP contribution in [0.2, 0.25) is 0 Å². The van der Waals surface area contributed by atoms with Gasteiger partial charge in [0.2, 0.25) is 0 Å². The smallest absolute Gasteiger partial charge is 0.122 e. The van der Waals surface area contributed by atoms with Crippen molar-refractivity contribution in [1.82, 2.24) is 10.2 Å². The minimum Gasteiger partial charge on any atom is -0.493 e. The Balaban J connectivity index is 1.54. The minimum absolute atomic E-state index is 0.240. The van der Waals surface area contributed by atoms with Gasteiger partial charge in [-0.2, -0.15) is 0 Å². The molecular weight excluding hydrogens is 264 g/mol. The van der Waals surface area contributed by atoms with Gasteiger partial charge in [-0.15, -0.1) is 0 Å². The number of rotatable bonds is 3. The molecule has 21 heavy (non-hydrogen) atoms. The Morgan fingerprint density at radius 1 is 1.38 bits per heavy atom. The Labute approximate surface area is 126 Å². The van der Waals surface area contributed by atoms with Crippen LogP contribution in [0.25, 0.3) is 0 Å². The summed E-state index contributed by atoms with van der Waals surface area (Å²) in [6, 6.07) is 7.52. The molecule has 4 nitrogen and oxygen atoms in total. The summed E-state index contributed by atoms with van der Waals surface area (Å²) in [7, 11) is 2.04. The summed E-state index contributed by atoms with van der Waals surface area (Å²) in [5.74, 6) is 1.05. The van der Waals surface area contributed by atoms with Crippen LogP contribution in [0.1, 0.15) is 30.0 Å². The summed E-state index contributed by atoms with van der Waals surface area (Å²) in [4.78, 5) is 2.61. The molecule has 0 amide bonds. The highest BCUT2D eigenvalue weighted by atomic mass is 16.5. The lowest BCUT2D eigenvalue weighted by Crippen LogP contribution is -2.50. The summed E-state index contributed by atoms with van der Waals surface area (Å²) in [5, 5.41) is 3.47. The number of hydrogen-bond acceptors (Lipinski definition) is 4. The second kappa shape index (κ2) is 5.59. The molecule has 3 unspecified atom stereocenters. The topological polar surface area (TPSA) is 33.7 Å². The van der Waals surface area contributed by atoms with E-state index in [2.05, 4.69) is 28.4 Å². The van der Waals surface area contributed by atoms with Crippen LogP contribution < -0.4 is 10.1 Å².